The largest absolute Gasteiger partial charge is 0.367 e. The number of aliphatic hydroxyl groups excluding tert-OH is 1. The summed E-state index contributed by atoms with van der Waals surface area (Å²) in [7, 11) is -3.32. The molecule has 5 nitrogen and oxygen atoms in total. The third kappa shape index (κ3) is 2.50. The van der Waals surface area contributed by atoms with Gasteiger partial charge < -0.3 is 15.2 Å². The monoisotopic (exact) mass is 237 g/mol. The van der Waals surface area contributed by atoms with Gasteiger partial charge in [0.1, 0.15) is 4.75 Å². The molecule has 0 saturated carbocycles. The zero-order valence-corrected chi connectivity index (χ0v) is 10.0. The molecule has 0 aromatic rings. The fraction of sp³-hybridized carbons (Fsp3) is 1.00. The van der Waals surface area contributed by atoms with Crippen molar-refractivity contribution in [3.8, 4) is 0 Å². The van der Waals surface area contributed by atoms with Crippen LogP contribution in [-0.2, 0) is 14.6 Å². The van der Waals surface area contributed by atoms with Crippen molar-refractivity contribution in [3.63, 3.8) is 0 Å². The number of sulfone groups is 1. The summed E-state index contributed by atoms with van der Waals surface area (Å²) in [5, 5.41) is 12.9. The van der Waals surface area contributed by atoms with Crippen molar-refractivity contribution in [2.45, 2.75) is 30.8 Å². The Kier molecular flexibility index (Phi) is 4.11. The molecular formula is C9H19NO4S. The highest BCUT2D eigenvalue weighted by molar-refractivity contribution is 7.92. The average Bonchev–Trinajstić information content (AvgIpc) is 2.17. The van der Waals surface area contributed by atoms with Crippen LogP contribution in [0.3, 0.4) is 0 Å². The Morgan fingerprint density at radius 2 is 2.00 bits per heavy atom. The van der Waals surface area contributed by atoms with Crippen LogP contribution in [0.1, 0.15) is 19.8 Å². The van der Waals surface area contributed by atoms with Gasteiger partial charge in [0.15, 0.2) is 16.1 Å². The lowest BCUT2D eigenvalue weighted by molar-refractivity contribution is -0.125. The van der Waals surface area contributed by atoms with E-state index in [1.54, 1.807) is 6.92 Å². The molecule has 0 amide bonds. The summed E-state index contributed by atoms with van der Waals surface area (Å²) >= 11 is 0. The minimum Gasteiger partial charge on any atom is -0.367 e. The Hall–Kier alpha value is -0.170. The van der Waals surface area contributed by atoms with Gasteiger partial charge in [-0.25, -0.2) is 8.42 Å². The molecule has 90 valence electrons. The SMILES string of the molecule is CCOC(O)C1(S(C)(=O)=O)CCNCC1. The third-order valence-corrected chi connectivity index (χ3v) is 5.05. The minimum absolute atomic E-state index is 0.311. The van der Waals surface area contributed by atoms with E-state index < -0.39 is 20.9 Å². The first-order valence-electron chi connectivity index (χ1n) is 5.14. The number of aliphatic hydroxyl groups is 1. The van der Waals surface area contributed by atoms with Crippen LogP contribution >= 0.6 is 0 Å². The summed E-state index contributed by atoms with van der Waals surface area (Å²) in [5.41, 5.74) is 0. The molecule has 2 N–H and O–H groups in total. The summed E-state index contributed by atoms with van der Waals surface area (Å²) in [6.45, 7) is 3.24. The fourth-order valence-electron chi connectivity index (χ4n) is 1.96. The summed E-state index contributed by atoms with van der Waals surface area (Å²) in [6.07, 6.45) is 0.736. The maximum atomic E-state index is 11.8. The van der Waals surface area contributed by atoms with Crippen molar-refractivity contribution >= 4 is 9.84 Å². The summed E-state index contributed by atoms with van der Waals surface area (Å²) in [5.74, 6) is 0. The molecule has 1 fully saturated rings. The number of rotatable bonds is 4. The predicted octanol–water partition coefficient (Wildman–Crippen LogP) is -0.492. The van der Waals surface area contributed by atoms with Crippen molar-refractivity contribution in [3.05, 3.63) is 0 Å². The Morgan fingerprint density at radius 1 is 1.47 bits per heavy atom. The second-order valence-corrected chi connectivity index (χ2v) is 6.25. The van der Waals surface area contributed by atoms with E-state index in [1.807, 2.05) is 0 Å². The summed E-state index contributed by atoms with van der Waals surface area (Å²) in [4.78, 5) is 0. The first-order chi connectivity index (χ1) is 6.94. The van der Waals surface area contributed by atoms with E-state index in [0.29, 0.717) is 32.5 Å². The highest BCUT2D eigenvalue weighted by Crippen LogP contribution is 2.31. The smallest absolute Gasteiger partial charge is 0.174 e. The summed E-state index contributed by atoms with van der Waals surface area (Å²) < 4.78 is 27.4. The topological polar surface area (TPSA) is 75.6 Å². The summed E-state index contributed by atoms with van der Waals surface area (Å²) in [6, 6.07) is 0. The van der Waals surface area contributed by atoms with Gasteiger partial charge in [-0.2, -0.15) is 0 Å². The van der Waals surface area contributed by atoms with Gasteiger partial charge in [0.2, 0.25) is 0 Å². The molecule has 6 heteroatoms. The molecule has 1 saturated heterocycles. The molecule has 15 heavy (non-hydrogen) atoms. The van der Waals surface area contributed by atoms with E-state index in [-0.39, 0.29) is 0 Å². The van der Waals surface area contributed by atoms with Crippen molar-refractivity contribution in [2.75, 3.05) is 26.0 Å². The van der Waals surface area contributed by atoms with Crippen LogP contribution in [0.2, 0.25) is 0 Å². The quantitative estimate of drug-likeness (QED) is 0.645. The van der Waals surface area contributed by atoms with E-state index in [0.717, 1.165) is 0 Å². The van der Waals surface area contributed by atoms with Crippen molar-refractivity contribution in [2.24, 2.45) is 0 Å². The maximum absolute atomic E-state index is 11.8. The van der Waals surface area contributed by atoms with Crippen molar-refractivity contribution in [1.29, 1.82) is 0 Å². The molecule has 0 spiro atoms. The van der Waals surface area contributed by atoms with Crippen LogP contribution in [0, 0.1) is 0 Å². The van der Waals surface area contributed by atoms with E-state index in [9.17, 15) is 13.5 Å². The van der Waals surface area contributed by atoms with Gasteiger partial charge in [-0.1, -0.05) is 0 Å². The second-order valence-electron chi connectivity index (χ2n) is 3.89. The predicted molar refractivity (Wildman–Crippen MR) is 57.3 cm³/mol. The Morgan fingerprint density at radius 3 is 2.40 bits per heavy atom. The lowest BCUT2D eigenvalue weighted by atomic mass is 9.96. The van der Waals surface area contributed by atoms with Crippen molar-refractivity contribution < 1.29 is 18.3 Å². The van der Waals surface area contributed by atoms with Crippen LogP contribution in [0.25, 0.3) is 0 Å². The zero-order valence-electron chi connectivity index (χ0n) is 9.19. The van der Waals surface area contributed by atoms with Crippen LogP contribution in [0.15, 0.2) is 0 Å². The normalized spacial score (nSPS) is 23.7. The molecule has 0 bridgehead atoms. The molecule has 1 aliphatic rings. The highest BCUT2D eigenvalue weighted by atomic mass is 32.2. The van der Waals surface area contributed by atoms with Gasteiger partial charge >= 0.3 is 0 Å². The number of ether oxygens (including phenoxy) is 1. The molecule has 1 unspecified atom stereocenters. The van der Waals surface area contributed by atoms with E-state index in [4.69, 9.17) is 4.74 Å². The van der Waals surface area contributed by atoms with Crippen molar-refractivity contribution in [1.82, 2.24) is 5.32 Å². The third-order valence-electron chi connectivity index (χ3n) is 2.96. The number of piperidine rings is 1. The van der Waals surface area contributed by atoms with E-state index in [2.05, 4.69) is 5.32 Å². The molecule has 0 radical (unpaired) electrons. The Bertz CT molecular complexity index is 295. The van der Waals surface area contributed by atoms with Crippen LogP contribution in [0.4, 0.5) is 0 Å². The van der Waals surface area contributed by atoms with Crippen LogP contribution in [-0.4, -0.2) is 50.5 Å². The number of hydrogen-bond acceptors (Lipinski definition) is 5. The second kappa shape index (κ2) is 4.78. The van der Waals surface area contributed by atoms with Gasteiger partial charge in [-0.3, -0.25) is 0 Å². The Balaban J connectivity index is 2.95. The molecule has 1 heterocycles. The van der Waals surface area contributed by atoms with Gasteiger partial charge in [-0.05, 0) is 32.9 Å². The van der Waals surface area contributed by atoms with Gasteiger partial charge in [0.25, 0.3) is 0 Å². The van der Waals surface area contributed by atoms with E-state index in [1.165, 1.54) is 6.26 Å². The minimum atomic E-state index is -3.32. The Labute approximate surface area is 90.7 Å². The van der Waals surface area contributed by atoms with Gasteiger partial charge in [0.05, 0.1) is 0 Å². The molecule has 1 aliphatic heterocycles. The zero-order chi connectivity index (χ0) is 11.5. The van der Waals surface area contributed by atoms with Crippen LogP contribution < -0.4 is 5.32 Å². The molecule has 0 aliphatic carbocycles. The average molecular weight is 237 g/mol. The molecule has 0 aromatic carbocycles. The molecule has 1 rings (SSSR count). The molecule has 1 atom stereocenters. The first-order valence-corrected chi connectivity index (χ1v) is 7.03. The maximum Gasteiger partial charge on any atom is 0.174 e. The van der Waals surface area contributed by atoms with Crippen LogP contribution in [0.5, 0.6) is 0 Å². The standard InChI is InChI=1S/C9H19NO4S/c1-3-14-8(11)9(15(2,12)13)4-6-10-7-5-9/h8,10-11H,3-7H2,1-2H3. The number of nitrogens with one attached hydrogen (secondary N) is 1. The molecular weight excluding hydrogens is 218 g/mol. The van der Waals surface area contributed by atoms with E-state index >= 15 is 0 Å². The first kappa shape index (κ1) is 12.9. The fourth-order valence-corrected chi connectivity index (χ4v) is 3.34. The lowest BCUT2D eigenvalue weighted by Crippen LogP contribution is -2.56. The lowest BCUT2D eigenvalue weighted by Gasteiger charge is -2.38. The molecule has 0 aromatic heterocycles. The van der Waals surface area contributed by atoms with Gasteiger partial charge in [0, 0.05) is 12.9 Å². The highest BCUT2D eigenvalue weighted by Gasteiger charge is 2.48. The van der Waals surface area contributed by atoms with Gasteiger partial charge in [-0.15, -0.1) is 0 Å². The number of hydrogen-bond donors (Lipinski definition) is 2.